The summed E-state index contributed by atoms with van der Waals surface area (Å²) in [7, 11) is 0. The zero-order valence-electron chi connectivity index (χ0n) is 11.8. The molecule has 1 aliphatic carbocycles. The maximum atomic E-state index is 12.1. The molecule has 0 spiro atoms. The van der Waals surface area contributed by atoms with Crippen molar-refractivity contribution in [3.8, 4) is 0 Å². The van der Waals surface area contributed by atoms with Gasteiger partial charge in [0, 0.05) is 11.0 Å². The molecule has 114 valence electrons. The summed E-state index contributed by atoms with van der Waals surface area (Å²) in [5.74, 6) is -1.40. The van der Waals surface area contributed by atoms with Crippen LogP contribution in [0.3, 0.4) is 0 Å². The molecule has 4 nitrogen and oxygen atoms in total. The van der Waals surface area contributed by atoms with Gasteiger partial charge in [0.1, 0.15) is 5.54 Å². The zero-order chi connectivity index (χ0) is 15.5. The molecule has 1 aromatic heterocycles. The topological polar surface area (TPSA) is 66.4 Å². The van der Waals surface area contributed by atoms with E-state index < -0.39 is 11.5 Å². The molecule has 2 rings (SSSR count). The monoisotopic (exact) mass is 327 g/mol. The number of hydrogen-bond acceptors (Lipinski definition) is 3. The highest BCUT2D eigenvalue weighted by atomic mass is 35.5. The number of aliphatic carboxylic acids is 1. The summed E-state index contributed by atoms with van der Waals surface area (Å²) in [6.07, 6.45) is 6.14. The molecule has 0 saturated heterocycles. The minimum Gasteiger partial charge on any atom is -0.479 e. The third kappa shape index (κ3) is 3.66. The fourth-order valence-corrected chi connectivity index (χ4v) is 3.70. The standard InChI is InChI=1S/C15H18ClNO3S/c1-10-4-2-3-9-15(10,14(19)20)17-13(18)8-6-11-5-7-12(16)21-11/h5-8,10H,2-4,9H2,1H3,(H,17,18)(H,19,20)/b8-6+. The maximum absolute atomic E-state index is 12.1. The SMILES string of the molecule is CC1CCCCC1(NC(=O)/C=C/c1ccc(Cl)s1)C(=O)O. The van der Waals surface area contributed by atoms with E-state index in [4.69, 9.17) is 11.6 Å². The molecule has 1 fully saturated rings. The third-order valence-electron chi connectivity index (χ3n) is 4.02. The van der Waals surface area contributed by atoms with E-state index in [1.807, 2.05) is 13.0 Å². The number of carbonyl (C=O) groups excluding carboxylic acids is 1. The Morgan fingerprint density at radius 2 is 2.24 bits per heavy atom. The average Bonchev–Trinajstić information content (AvgIpc) is 2.85. The van der Waals surface area contributed by atoms with Gasteiger partial charge in [-0.1, -0.05) is 31.4 Å². The maximum Gasteiger partial charge on any atom is 0.329 e. The molecule has 0 radical (unpaired) electrons. The second-order valence-corrected chi connectivity index (χ2v) is 7.13. The van der Waals surface area contributed by atoms with Crippen LogP contribution in [0.1, 0.15) is 37.5 Å². The van der Waals surface area contributed by atoms with E-state index in [1.54, 1.807) is 12.1 Å². The van der Waals surface area contributed by atoms with Crippen LogP contribution in [-0.4, -0.2) is 22.5 Å². The molecule has 1 heterocycles. The smallest absolute Gasteiger partial charge is 0.329 e. The largest absolute Gasteiger partial charge is 0.479 e. The normalized spacial score (nSPS) is 25.9. The molecule has 1 aromatic rings. The van der Waals surface area contributed by atoms with Crippen molar-refractivity contribution in [1.29, 1.82) is 0 Å². The average molecular weight is 328 g/mol. The Labute approximate surface area is 132 Å². The summed E-state index contributed by atoms with van der Waals surface area (Å²) >= 11 is 7.18. The first-order valence-electron chi connectivity index (χ1n) is 6.93. The predicted molar refractivity (Wildman–Crippen MR) is 84.5 cm³/mol. The van der Waals surface area contributed by atoms with E-state index in [0.29, 0.717) is 10.8 Å². The molecule has 2 N–H and O–H groups in total. The Kier molecular flexibility index (Phi) is 5.06. The Hall–Kier alpha value is -1.33. The fourth-order valence-electron chi connectivity index (χ4n) is 2.74. The van der Waals surface area contributed by atoms with Crippen LogP contribution in [-0.2, 0) is 9.59 Å². The Morgan fingerprint density at radius 1 is 1.48 bits per heavy atom. The molecule has 2 atom stereocenters. The van der Waals surface area contributed by atoms with Crippen LogP contribution in [0.25, 0.3) is 6.08 Å². The summed E-state index contributed by atoms with van der Waals surface area (Å²) in [5.41, 5.74) is -1.15. The molecule has 21 heavy (non-hydrogen) atoms. The van der Waals surface area contributed by atoms with Gasteiger partial charge in [0.25, 0.3) is 0 Å². The number of carbonyl (C=O) groups is 2. The van der Waals surface area contributed by atoms with Crippen molar-refractivity contribution < 1.29 is 14.7 Å². The van der Waals surface area contributed by atoms with Crippen molar-refractivity contribution in [1.82, 2.24) is 5.32 Å². The lowest BCUT2D eigenvalue weighted by molar-refractivity contribution is -0.151. The number of carboxylic acids is 1. The van der Waals surface area contributed by atoms with Gasteiger partial charge in [0.2, 0.25) is 5.91 Å². The lowest BCUT2D eigenvalue weighted by atomic mass is 9.73. The van der Waals surface area contributed by atoms with Gasteiger partial charge in [-0.2, -0.15) is 0 Å². The van der Waals surface area contributed by atoms with Crippen LogP contribution in [0.15, 0.2) is 18.2 Å². The number of hydrogen-bond donors (Lipinski definition) is 2. The van der Waals surface area contributed by atoms with Crippen LogP contribution >= 0.6 is 22.9 Å². The lowest BCUT2D eigenvalue weighted by Crippen LogP contribution is -2.59. The number of thiophene rings is 1. The van der Waals surface area contributed by atoms with Gasteiger partial charge in [-0.05, 0) is 37.0 Å². The molecule has 1 amide bonds. The minimum atomic E-state index is -1.15. The van der Waals surface area contributed by atoms with Crippen molar-refractivity contribution in [2.24, 2.45) is 5.92 Å². The summed E-state index contributed by atoms with van der Waals surface area (Å²) in [6, 6.07) is 3.57. The summed E-state index contributed by atoms with van der Waals surface area (Å²) in [4.78, 5) is 24.6. The van der Waals surface area contributed by atoms with Gasteiger partial charge >= 0.3 is 5.97 Å². The van der Waals surface area contributed by atoms with Gasteiger partial charge in [-0.25, -0.2) is 4.79 Å². The van der Waals surface area contributed by atoms with E-state index in [9.17, 15) is 14.7 Å². The number of rotatable bonds is 4. The molecule has 0 aliphatic heterocycles. The van der Waals surface area contributed by atoms with Gasteiger partial charge in [-0.15, -0.1) is 11.3 Å². The van der Waals surface area contributed by atoms with E-state index in [-0.39, 0.29) is 11.8 Å². The fraction of sp³-hybridized carbons (Fsp3) is 0.467. The number of amides is 1. The van der Waals surface area contributed by atoms with Gasteiger partial charge in [-0.3, -0.25) is 4.79 Å². The molecule has 1 aliphatic rings. The van der Waals surface area contributed by atoms with Crippen molar-refractivity contribution >= 4 is 40.9 Å². The zero-order valence-corrected chi connectivity index (χ0v) is 13.3. The van der Waals surface area contributed by atoms with Crippen molar-refractivity contribution in [2.75, 3.05) is 0 Å². The first-order chi connectivity index (χ1) is 9.94. The molecule has 2 unspecified atom stereocenters. The second-order valence-electron chi connectivity index (χ2n) is 5.39. The van der Waals surface area contributed by atoms with Gasteiger partial charge < -0.3 is 10.4 Å². The molecule has 1 saturated carbocycles. The van der Waals surface area contributed by atoms with Crippen molar-refractivity contribution in [2.45, 2.75) is 38.1 Å². The van der Waals surface area contributed by atoms with E-state index >= 15 is 0 Å². The van der Waals surface area contributed by atoms with Crippen molar-refractivity contribution in [3.05, 3.63) is 27.4 Å². The Balaban J connectivity index is 2.08. The van der Waals surface area contributed by atoms with Gasteiger partial charge in [0.15, 0.2) is 0 Å². The Morgan fingerprint density at radius 3 is 2.81 bits per heavy atom. The quantitative estimate of drug-likeness (QED) is 0.831. The molecule has 0 aromatic carbocycles. The van der Waals surface area contributed by atoms with Gasteiger partial charge in [0.05, 0.1) is 4.34 Å². The molecule has 6 heteroatoms. The Bertz CT molecular complexity index is 569. The minimum absolute atomic E-state index is 0.0720. The predicted octanol–water partition coefficient (Wildman–Crippen LogP) is 3.56. The summed E-state index contributed by atoms with van der Waals surface area (Å²) in [6.45, 7) is 1.89. The summed E-state index contributed by atoms with van der Waals surface area (Å²) in [5, 5.41) is 12.2. The van der Waals surface area contributed by atoms with Crippen LogP contribution in [0.4, 0.5) is 0 Å². The molecular weight excluding hydrogens is 310 g/mol. The number of nitrogens with one attached hydrogen (secondary N) is 1. The summed E-state index contributed by atoms with van der Waals surface area (Å²) < 4.78 is 0.651. The highest BCUT2D eigenvalue weighted by Crippen LogP contribution is 2.34. The van der Waals surface area contributed by atoms with E-state index in [1.165, 1.54) is 17.4 Å². The van der Waals surface area contributed by atoms with E-state index in [0.717, 1.165) is 24.1 Å². The lowest BCUT2D eigenvalue weighted by Gasteiger charge is -2.39. The second kappa shape index (κ2) is 6.62. The molecule has 0 bridgehead atoms. The highest BCUT2D eigenvalue weighted by molar-refractivity contribution is 7.17. The number of halogens is 1. The van der Waals surface area contributed by atoms with Crippen molar-refractivity contribution in [3.63, 3.8) is 0 Å². The molecular formula is C15H18ClNO3S. The van der Waals surface area contributed by atoms with E-state index in [2.05, 4.69) is 5.32 Å². The number of carboxylic acid groups (broad SMARTS) is 1. The first kappa shape index (κ1) is 16.0. The van der Waals surface area contributed by atoms with Crippen LogP contribution in [0, 0.1) is 5.92 Å². The van der Waals surface area contributed by atoms with Crippen LogP contribution in [0.2, 0.25) is 4.34 Å². The first-order valence-corrected chi connectivity index (χ1v) is 8.12. The third-order valence-corrected chi connectivity index (χ3v) is 5.22. The highest BCUT2D eigenvalue weighted by Gasteiger charge is 2.45. The van der Waals surface area contributed by atoms with Crippen LogP contribution in [0.5, 0.6) is 0 Å². The van der Waals surface area contributed by atoms with Crippen LogP contribution < -0.4 is 5.32 Å².